The predicted octanol–water partition coefficient (Wildman–Crippen LogP) is 2.27. The Morgan fingerprint density at radius 1 is 1.10 bits per heavy atom. The van der Waals surface area contributed by atoms with Crippen LogP contribution in [0.25, 0.3) is 0 Å². The Bertz CT molecular complexity index is 829. The quantitative estimate of drug-likeness (QED) is 0.252. The van der Waals surface area contributed by atoms with Crippen LogP contribution in [0.4, 0.5) is 5.95 Å². The molecule has 2 aromatic rings. The van der Waals surface area contributed by atoms with Gasteiger partial charge in [-0.15, -0.1) is 24.0 Å². The van der Waals surface area contributed by atoms with Crippen molar-refractivity contribution in [2.75, 3.05) is 50.7 Å². The van der Waals surface area contributed by atoms with Gasteiger partial charge >= 0.3 is 0 Å². The lowest BCUT2D eigenvalue weighted by atomic mass is 10.2. The molecule has 0 aliphatic carbocycles. The molecular weight excluding hydrogens is 517 g/mol. The van der Waals surface area contributed by atoms with Crippen LogP contribution in [0.2, 0.25) is 5.02 Å². The SMILES string of the molecule is CCNC(=NCCNC(=O)c1ccccc1Cl)N1CCN(c2ncccn2)CC1.I. The maximum atomic E-state index is 12.2. The van der Waals surface area contributed by atoms with Gasteiger partial charge in [-0.05, 0) is 25.1 Å². The summed E-state index contributed by atoms with van der Waals surface area (Å²) in [7, 11) is 0. The largest absolute Gasteiger partial charge is 0.357 e. The maximum Gasteiger partial charge on any atom is 0.252 e. The first-order valence-electron chi connectivity index (χ1n) is 9.77. The van der Waals surface area contributed by atoms with Crippen LogP contribution in [0.1, 0.15) is 17.3 Å². The molecular formula is C20H27ClIN7O. The van der Waals surface area contributed by atoms with Gasteiger partial charge in [0.2, 0.25) is 5.95 Å². The number of aromatic nitrogens is 2. The monoisotopic (exact) mass is 543 g/mol. The van der Waals surface area contributed by atoms with E-state index in [0.717, 1.165) is 44.6 Å². The van der Waals surface area contributed by atoms with Crippen LogP contribution in [0, 0.1) is 0 Å². The molecule has 2 N–H and O–H groups in total. The topological polar surface area (TPSA) is 85.8 Å². The van der Waals surface area contributed by atoms with Gasteiger partial charge in [0.15, 0.2) is 5.96 Å². The van der Waals surface area contributed by atoms with E-state index in [-0.39, 0.29) is 29.9 Å². The van der Waals surface area contributed by atoms with Gasteiger partial charge in [0.25, 0.3) is 5.91 Å². The van der Waals surface area contributed by atoms with Crippen LogP contribution in [-0.4, -0.2) is 72.5 Å². The van der Waals surface area contributed by atoms with E-state index in [1.54, 1.807) is 36.7 Å². The number of hydrogen-bond donors (Lipinski definition) is 2. The number of halogens is 2. The number of anilines is 1. The van der Waals surface area contributed by atoms with Crippen LogP contribution in [-0.2, 0) is 0 Å². The average molecular weight is 544 g/mol. The number of hydrogen-bond acceptors (Lipinski definition) is 5. The zero-order chi connectivity index (χ0) is 20.5. The first-order chi connectivity index (χ1) is 14.2. The van der Waals surface area contributed by atoms with Crippen molar-refractivity contribution in [1.29, 1.82) is 0 Å². The molecule has 0 atom stereocenters. The Morgan fingerprint density at radius 2 is 1.80 bits per heavy atom. The Labute approximate surface area is 199 Å². The van der Waals surface area contributed by atoms with Crippen molar-refractivity contribution in [3.63, 3.8) is 0 Å². The summed E-state index contributed by atoms with van der Waals surface area (Å²) in [5.74, 6) is 1.43. The molecule has 1 aromatic carbocycles. The van der Waals surface area contributed by atoms with E-state index >= 15 is 0 Å². The van der Waals surface area contributed by atoms with E-state index in [2.05, 4.69) is 35.4 Å². The van der Waals surface area contributed by atoms with Crippen LogP contribution in [0.3, 0.4) is 0 Å². The molecule has 8 nitrogen and oxygen atoms in total. The maximum absolute atomic E-state index is 12.2. The van der Waals surface area contributed by atoms with E-state index in [4.69, 9.17) is 11.6 Å². The van der Waals surface area contributed by atoms with Crippen molar-refractivity contribution in [2.24, 2.45) is 4.99 Å². The van der Waals surface area contributed by atoms with Gasteiger partial charge in [0.1, 0.15) is 0 Å². The minimum absolute atomic E-state index is 0. The number of carbonyl (C=O) groups is 1. The van der Waals surface area contributed by atoms with Crippen molar-refractivity contribution in [3.05, 3.63) is 53.3 Å². The summed E-state index contributed by atoms with van der Waals surface area (Å²) in [6.45, 7) is 7.08. The number of amides is 1. The number of piperazine rings is 1. The number of benzene rings is 1. The van der Waals surface area contributed by atoms with Gasteiger partial charge < -0.3 is 20.4 Å². The van der Waals surface area contributed by atoms with E-state index < -0.39 is 0 Å². The number of carbonyl (C=O) groups excluding carboxylic acids is 1. The molecule has 1 amide bonds. The van der Waals surface area contributed by atoms with Crippen molar-refractivity contribution in [2.45, 2.75) is 6.92 Å². The van der Waals surface area contributed by atoms with Crippen molar-refractivity contribution in [1.82, 2.24) is 25.5 Å². The Morgan fingerprint density at radius 3 is 2.47 bits per heavy atom. The molecule has 0 saturated carbocycles. The van der Waals surface area contributed by atoms with Gasteiger partial charge in [-0.1, -0.05) is 23.7 Å². The van der Waals surface area contributed by atoms with E-state index in [0.29, 0.717) is 23.7 Å². The second-order valence-electron chi connectivity index (χ2n) is 6.49. The van der Waals surface area contributed by atoms with Gasteiger partial charge in [-0.3, -0.25) is 9.79 Å². The van der Waals surface area contributed by atoms with E-state index in [9.17, 15) is 4.79 Å². The minimum atomic E-state index is -0.188. The summed E-state index contributed by atoms with van der Waals surface area (Å²) in [6.07, 6.45) is 3.52. The summed E-state index contributed by atoms with van der Waals surface area (Å²) in [5.41, 5.74) is 0.476. The fraction of sp³-hybridized carbons (Fsp3) is 0.400. The number of nitrogens with one attached hydrogen (secondary N) is 2. The number of rotatable bonds is 6. The summed E-state index contributed by atoms with van der Waals surface area (Å²) in [6, 6.07) is 8.83. The third-order valence-electron chi connectivity index (χ3n) is 4.53. The van der Waals surface area contributed by atoms with Crippen molar-refractivity contribution >= 4 is 53.4 Å². The Balaban J connectivity index is 0.00000320. The van der Waals surface area contributed by atoms with Crippen LogP contribution < -0.4 is 15.5 Å². The lowest BCUT2D eigenvalue weighted by Crippen LogP contribution is -2.53. The van der Waals surface area contributed by atoms with E-state index in [1.807, 2.05) is 13.0 Å². The molecule has 1 aliphatic heterocycles. The lowest BCUT2D eigenvalue weighted by molar-refractivity contribution is 0.0955. The fourth-order valence-electron chi connectivity index (χ4n) is 3.07. The third kappa shape index (κ3) is 6.69. The van der Waals surface area contributed by atoms with Gasteiger partial charge in [-0.25, -0.2) is 9.97 Å². The fourth-order valence-corrected chi connectivity index (χ4v) is 3.29. The molecule has 0 bridgehead atoms. The molecule has 10 heteroatoms. The molecule has 1 fully saturated rings. The minimum Gasteiger partial charge on any atom is -0.357 e. The smallest absolute Gasteiger partial charge is 0.252 e. The first kappa shape index (κ1) is 24.1. The molecule has 0 spiro atoms. The highest BCUT2D eigenvalue weighted by Gasteiger charge is 2.21. The van der Waals surface area contributed by atoms with Gasteiger partial charge in [0, 0.05) is 51.7 Å². The summed E-state index contributed by atoms with van der Waals surface area (Å²) < 4.78 is 0. The standard InChI is InChI=1S/C20H26ClN7O.HI/c1-2-22-19(26-11-10-23-18(29)16-6-3-4-7-17(16)21)27-12-14-28(15-13-27)20-24-8-5-9-25-20;/h3-9H,2,10-15H2,1H3,(H,22,26)(H,23,29);1H. The molecule has 162 valence electrons. The van der Waals surface area contributed by atoms with Crippen LogP contribution in [0.15, 0.2) is 47.7 Å². The first-order valence-corrected chi connectivity index (χ1v) is 10.1. The van der Waals surface area contributed by atoms with Crippen molar-refractivity contribution in [3.8, 4) is 0 Å². The van der Waals surface area contributed by atoms with Crippen molar-refractivity contribution < 1.29 is 4.79 Å². The van der Waals surface area contributed by atoms with Gasteiger partial charge in [0.05, 0.1) is 17.1 Å². The van der Waals surface area contributed by atoms with Gasteiger partial charge in [-0.2, -0.15) is 0 Å². The zero-order valence-corrected chi connectivity index (χ0v) is 20.0. The molecule has 1 aromatic heterocycles. The van der Waals surface area contributed by atoms with E-state index in [1.165, 1.54) is 0 Å². The second-order valence-corrected chi connectivity index (χ2v) is 6.90. The molecule has 3 rings (SSSR count). The number of aliphatic imine (C=N–C) groups is 1. The summed E-state index contributed by atoms with van der Waals surface area (Å²) in [4.78, 5) is 29.9. The average Bonchev–Trinajstić information content (AvgIpc) is 2.77. The third-order valence-corrected chi connectivity index (χ3v) is 4.86. The normalized spacial score (nSPS) is 14.1. The highest BCUT2D eigenvalue weighted by atomic mass is 127. The Kier molecular flexibility index (Phi) is 10.1. The summed E-state index contributed by atoms with van der Waals surface area (Å²) >= 11 is 6.06. The molecule has 1 aliphatic rings. The zero-order valence-electron chi connectivity index (χ0n) is 16.9. The number of guanidine groups is 1. The lowest BCUT2D eigenvalue weighted by Gasteiger charge is -2.36. The molecule has 0 radical (unpaired) electrons. The van der Waals surface area contributed by atoms with Crippen LogP contribution >= 0.6 is 35.6 Å². The highest BCUT2D eigenvalue weighted by Crippen LogP contribution is 2.14. The highest BCUT2D eigenvalue weighted by molar-refractivity contribution is 14.0. The summed E-state index contributed by atoms with van der Waals surface area (Å²) in [5, 5.41) is 6.64. The number of nitrogens with zero attached hydrogens (tertiary/aromatic N) is 5. The second kappa shape index (κ2) is 12.5. The molecule has 30 heavy (non-hydrogen) atoms. The predicted molar refractivity (Wildman–Crippen MR) is 131 cm³/mol. The molecule has 0 unspecified atom stereocenters. The molecule has 2 heterocycles. The van der Waals surface area contributed by atoms with Crippen LogP contribution in [0.5, 0.6) is 0 Å². The molecule has 1 saturated heterocycles. The Hall–Kier alpha value is -2.14.